The average molecular weight is 235 g/mol. The molecule has 2 bridgehead atoms. The molecule has 0 saturated heterocycles. The van der Waals surface area contributed by atoms with Crippen molar-refractivity contribution in [2.45, 2.75) is 20.0 Å². The topological polar surface area (TPSA) is 64.6 Å². The van der Waals surface area contributed by atoms with Crippen molar-refractivity contribution in [1.29, 1.82) is 0 Å². The minimum absolute atomic E-state index is 0.125. The molecule has 1 amide bonds. The first-order valence-electron chi connectivity index (χ1n) is 5.33. The van der Waals surface area contributed by atoms with Crippen LogP contribution in [0, 0.1) is 0 Å². The number of esters is 1. The number of benzene rings is 1. The summed E-state index contributed by atoms with van der Waals surface area (Å²) in [7, 11) is 0. The van der Waals surface area contributed by atoms with Gasteiger partial charge in [-0.1, -0.05) is 0 Å². The summed E-state index contributed by atoms with van der Waals surface area (Å²) in [5.74, 6) is 0.212. The Morgan fingerprint density at radius 1 is 1.47 bits per heavy atom. The molecular weight excluding hydrogens is 222 g/mol. The lowest BCUT2D eigenvalue weighted by atomic mass is 10.1. The Balaban J connectivity index is 2.38. The molecule has 0 radical (unpaired) electrons. The predicted molar refractivity (Wildman–Crippen MR) is 60.2 cm³/mol. The first-order valence-corrected chi connectivity index (χ1v) is 5.33. The van der Waals surface area contributed by atoms with Crippen molar-refractivity contribution in [3.05, 3.63) is 23.8 Å². The minimum Gasteiger partial charge on any atom is -0.489 e. The molecule has 0 aromatic heterocycles. The van der Waals surface area contributed by atoms with Crippen LogP contribution in [0.4, 0.5) is 0 Å². The van der Waals surface area contributed by atoms with Crippen LogP contribution in [0.1, 0.15) is 24.2 Å². The Morgan fingerprint density at radius 3 is 2.94 bits per heavy atom. The zero-order chi connectivity index (χ0) is 12.4. The molecule has 2 rings (SSSR count). The van der Waals surface area contributed by atoms with Gasteiger partial charge in [-0.3, -0.25) is 9.59 Å². The number of ether oxygens (including phenoxy) is 2. The lowest BCUT2D eigenvalue weighted by molar-refractivity contribution is -0.131. The SMILES string of the molecule is CC(=O)Oc1cc2cc(c1)C(=O)NCC(C)O2. The number of carbonyl (C=O) groups is 2. The number of hydrogen-bond acceptors (Lipinski definition) is 4. The largest absolute Gasteiger partial charge is 0.489 e. The Bertz CT molecular complexity index is 470. The van der Waals surface area contributed by atoms with Crippen LogP contribution >= 0.6 is 0 Å². The highest BCUT2D eigenvalue weighted by molar-refractivity contribution is 5.95. The third kappa shape index (κ3) is 2.75. The van der Waals surface area contributed by atoms with E-state index < -0.39 is 5.97 Å². The maximum Gasteiger partial charge on any atom is 0.308 e. The minimum atomic E-state index is -0.432. The van der Waals surface area contributed by atoms with Crippen LogP contribution < -0.4 is 14.8 Å². The zero-order valence-electron chi connectivity index (χ0n) is 9.65. The number of carbonyl (C=O) groups excluding carboxylic acids is 2. The maximum atomic E-state index is 11.7. The van der Waals surface area contributed by atoms with E-state index in [1.165, 1.54) is 13.0 Å². The van der Waals surface area contributed by atoms with Crippen molar-refractivity contribution in [1.82, 2.24) is 5.32 Å². The summed E-state index contributed by atoms with van der Waals surface area (Å²) in [6.45, 7) is 3.61. The fourth-order valence-corrected chi connectivity index (χ4v) is 1.61. The second-order valence-electron chi connectivity index (χ2n) is 3.93. The summed E-state index contributed by atoms with van der Waals surface area (Å²) in [5, 5.41) is 2.72. The number of nitrogens with one attached hydrogen (secondary N) is 1. The van der Waals surface area contributed by atoms with Crippen molar-refractivity contribution in [3.63, 3.8) is 0 Å². The van der Waals surface area contributed by atoms with Gasteiger partial charge in [0.1, 0.15) is 17.6 Å². The van der Waals surface area contributed by atoms with Crippen molar-refractivity contribution < 1.29 is 19.1 Å². The van der Waals surface area contributed by atoms with Crippen LogP contribution in [-0.2, 0) is 4.79 Å². The van der Waals surface area contributed by atoms with Crippen molar-refractivity contribution in [2.24, 2.45) is 0 Å². The molecule has 1 unspecified atom stereocenters. The van der Waals surface area contributed by atoms with Gasteiger partial charge in [-0.05, 0) is 19.1 Å². The quantitative estimate of drug-likeness (QED) is 0.585. The van der Waals surface area contributed by atoms with E-state index in [9.17, 15) is 9.59 Å². The highest BCUT2D eigenvalue weighted by Gasteiger charge is 2.16. The fraction of sp³-hybridized carbons (Fsp3) is 0.333. The monoisotopic (exact) mass is 235 g/mol. The van der Waals surface area contributed by atoms with Gasteiger partial charge in [-0.15, -0.1) is 0 Å². The van der Waals surface area contributed by atoms with Gasteiger partial charge in [-0.2, -0.15) is 0 Å². The van der Waals surface area contributed by atoms with E-state index >= 15 is 0 Å². The third-order valence-electron chi connectivity index (χ3n) is 2.29. The van der Waals surface area contributed by atoms with E-state index in [0.717, 1.165) is 0 Å². The molecule has 0 saturated carbocycles. The Hall–Kier alpha value is -2.04. The summed E-state index contributed by atoms with van der Waals surface area (Å²) in [6.07, 6.45) is -0.125. The molecule has 17 heavy (non-hydrogen) atoms. The van der Waals surface area contributed by atoms with Crippen molar-refractivity contribution in [3.8, 4) is 11.5 Å². The van der Waals surface area contributed by atoms with Gasteiger partial charge in [0, 0.05) is 18.6 Å². The van der Waals surface area contributed by atoms with Gasteiger partial charge >= 0.3 is 5.97 Å². The average Bonchev–Trinajstić information content (AvgIpc) is 2.23. The number of hydrogen-bond donors (Lipinski definition) is 1. The molecule has 1 N–H and O–H groups in total. The Morgan fingerprint density at radius 2 is 2.24 bits per heavy atom. The molecule has 1 aliphatic rings. The van der Waals surface area contributed by atoms with E-state index in [-0.39, 0.29) is 12.0 Å². The molecule has 1 aliphatic heterocycles. The van der Waals surface area contributed by atoms with Crippen molar-refractivity contribution in [2.75, 3.05) is 6.54 Å². The van der Waals surface area contributed by atoms with Crippen LogP contribution in [0.3, 0.4) is 0 Å². The van der Waals surface area contributed by atoms with Gasteiger partial charge in [-0.25, -0.2) is 0 Å². The van der Waals surface area contributed by atoms with Gasteiger partial charge in [0.2, 0.25) is 0 Å². The molecule has 1 atom stereocenters. The third-order valence-corrected chi connectivity index (χ3v) is 2.29. The fourth-order valence-electron chi connectivity index (χ4n) is 1.61. The van der Waals surface area contributed by atoms with Crippen LogP contribution in [0.15, 0.2) is 18.2 Å². The highest BCUT2D eigenvalue weighted by Crippen LogP contribution is 2.25. The van der Waals surface area contributed by atoms with E-state index in [4.69, 9.17) is 9.47 Å². The maximum absolute atomic E-state index is 11.7. The summed E-state index contributed by atoms with van der Waals surface area (Å²) < 4.78 is 10.5. The second kappa shape index (κ2) is 4.45. The number of amides is 1. The number of rotatable bonds is 1. The van der Waals surface area contributed by atoms with Crippen molar-refractivity contribution >= 4 is 11.9 Å². The molecule has 0 spiro atoms. The lowest BCUT2D eigenvalue weighted by Gasteiger charge is -2.20. The highest BCUT2D eigenvalue weighted by atomic mass is 16.5. The molecular formula is C12H13NO4. The van der Waals surface area contributed by atoms with Gasteiger partial charge in [0.15, 0.2) is 0 Å². The molecule has 1 heterocycles. The molecule has 5 nitrogen and oxygen atoms in total. The summed E-state index contributed by atoms with van der Waals surface area (Å²) in [5.41, 5.74) is 0.422. The standard InChI is InChI=1S/C12H13NO4/c1-7-6-13-12(15)9-3-10(16-7)5-11(4-9)17-8(2)14/h3-5,7H,6H2,1-2H3,(H,13,15). The normalized spacial score (nSPS) is 18.5. The van der Waals surface area contributed by atoms with E-state index in [2.05, 4.69) is 5.32 Å². The summed E-state index contributed by atoms with van der Waals surface area (Å²) in [4.78, 5) is 22.6. The molecule has 0 aliphatic carbocycles. The lowest BCUT2D eigenvalue weighted by Crippen LogP contribution is -2.35. The van der Waals surface area contributed by atoms with Crippen LogP contribution in [-0.4, -0.2) is 24.5 Å². The molecule has 1 aromatic carbocycles. The van der Waals surface area contributed by atoms with Crippen LogP contribution in [0.25, 0.3) is 0 Å². The summed E-state index contributed by atoms with van der Waals surface area (Å²) >= 11 is 0. The Labute approximate surface area is 98.7 Å². The van der Waals surface area contributed by atoms with E-state index in [1.54, 1.807) is 12.1 Å². The van der Waals surface area contributed by atoms with Gasteiger partial charge < -0.3 is 14.8 Å². The predicted octanol–water partition coefficient (Wildman–Crippen LogP) is 1.12. The first-order chi connectivity index (χ1) is 8.04. The molecule has 90 valence electrons. The first kappa shape index (κ1) is 11.4. The molecule has 1 aromatic rings. The van der Waals surface area contributed by atoms with Crippen LogP contribution in [0.5, 0.6) is 11.5 Å². The van der Waals surface area contributed by atoms with Gasteiger partial charge in [0.25, 0.3) is 5.91 Å². The van der Waals surface area contributed by atoms with E-state index in [0.29, 0.717) is 23.6 Å². The number of fused-ring (bicyclic) bond motifs is 2. The summed E-state index contributed by atoms with van der Waals surface area (Å²) in [6, 6.07) is 4.73. The second-order valence-corrected chi connectivity index (χ2v) is 3.93. The molecule has 5 heteroatoms. The van der Waals surface area contributed by atoms with E-state index in [1.807, 2.05) is 6.92 Å². The van der Waals surface area contributed by atoms with Gasteiger partial charge in [0.05, 0.1) is 6.54 Å². The smallest absolute Gasteiger partial charge is 0.308 e. The molecule has 0 fully saturated rings. The zero-order valence-corrected chi connectivity index (χ0v) is 9.65. The van der Waals surface area contributed by atoms with Crippen LogP contribution in [0.2, 0.25) is 0 Å². The Kier molecular flexibility index (Phi) is 2.99.